The molecule has 0 aliphatic heterocycles. The van der Waals surface area contributed by atoms with E-state index in [1.807, 2.05) is 25.8 Å². The third kappa shape index (κ3) is 3.57. The molecule has 0 bridgehead atoms. The Morgan fingerprint density at radius 3 is 2.53 bits per heavy atom. The Kier molecular flexibility index (Phi) is 6.01. The highest BCUT2D eigenvalue weighted by Gasteiger charge is 2.36. The molecular weight excluding hydrogens is 256 g/mol. The van der Waals surface area contributed by atoms with E-state index in [1.165, 1.54) is 4.88 Å². The van der Waals surface area contributed by atoms with E-state index in [4.69, 9.17) is 5.73 Å². The Morgan fingerprint density at radius 1 is 1.47 bits per heavy atom. The summed E-state index contributed by atoms with van der Waals surface area (Å²) in [5, 5.41) is 2.08. The van der Waals surface area contributed by atoms with Crippen molar-refractivity contribution in [3.05, 3.63) is 22.4 Å². The summed E-state index contributed by atoms with van der Waals surface area (Å²) in [5.74, 6) is 0.184. The zero-order valence-corrected chi connectivity index (χ0v) is 13.3. The van der Waals surface area contributed by atoms with Crippen LogP contribution in [-0.2, 0) is 11.2 Å². The van der Waals surface area contributed by atoms with E-state index in [-0.39, 0.29) is 11.9 Å². The number of carbonyl (C=O) groups is 1. The Labute approximate surface area is 120 Å². The zero-order chi connectivity index (χ0) is 14.5. The van der Waals surface area contributed by atoms with Crippen LogP contribution in [0.25, 0.3) is 0 Å². The minimum Gasteiger partial charge on any atom is -0.342 e. The molecule has 1 heterocycles. The van der Waals surface area contributed by atoms with Crippen molar-refractivity contribution in [3.8, 4) is 0 Å². The van der Waals surface area contributed by atoms with Gasteiger partial charge >= 0.3 is 0 Å². The van der Waals surface area contributed by atoms with E-state index in [2.05, 4.69) is 24.4 Å². The van der Waals surface area contributed by atoms with Gasteiger partial charge in [-0.3, -0.25) is 4.79 Å². The summed E-state index contributed by atoms with van der Waals surface area (Å²) in [4.78, 5) is 15.9. The second-order valence-corrected chi connectivity index (χ2v) is 6.27. The molecule has 0 radical (unpaired) electrons. The molecule has 2 N–H and O–H groups in total. The van der Waals surface area contributed by atoms with E-state index >= 15 is 0 Å². The molecule has 1 atom stereocenters. The van der Waals surface area contributed by atoms with Gasteiger partial charge in [0.2, 0.25) is 5.91 Å². The number of thiophene rings is 1. The molecule has 108 valence electrons. The van der Waals surface area contributed by atoms with Crippen LogP contribution in [0.1, 0.15) is 38.5 Å². The van der Waals surface area contributed by atoms with Gasteiger partial charge in [0.15, 0.2) is 0 Å². The molecule has 1 amide bonds. The summed E-state index contributed by atoms with van der Waals surface area (Å²) >= 11 is 1.74. The van der Waals surface area contributed by atoms with Gasteiger partial charge < -0.3 is 10.6 Å². The molecule has 0 aliphatic rings. The lowest BCUT2D eigenvalue weighted by Crippen LogP contribution is -2.49. The maximum atomic E-state index is 12.7. The fourth-order valence-corrected chi connectivity index (χ4v) is 3.19. The number of nitrogens with two attached hydrogens (primary N) is 1. The monoisotopic (exact) mass is 282 g/mol. The number of rotatable bonds is 7. The quantitative estimate of drug-likeness (QED) is 0.836. The van der Waals surface area contributed by atoms with E-state index in [0.717, 1.165) is 19.3 Å². The molecule has 0 aromatic carbocycles. The standard InChI is InChI=1S/C15H26N2OS/c1-5-15(6-2,11-16)14(18)17(4)12(3)10-13-8-7-9-19-13/h7-9,12H,5-6,10-11,16H2,1-4H3. The summed E-state index contributed by atoms with van der Waals surface area (Å²) in [6.45, 7) is 6.62. The summed E-state index contributed by atoms with van der Waals surface area (Å²) in [6.07, 6.45) is 2.51. The predicted molar refractivity (Wildman–Crippen MR) is 82.3 cm³/mol. The average Bonchev–Trinajstić information content (AvgIpc) is 2.93. The van der Waals surface area contributed by atoms with Crippen molar-refractivity contribution in [1.29, 1.82) is 0 Å². The number of hydrogen-bond donors (Lipinski definition) is 1. The Balaban J connectivity index is 2.75. The van der Waals surface area contributed by atoms with Gasteiger partial charge in [-0.2, -0.15) is 0 Å². The van der Waals surface area contributed by atoms with Crippen molar-refractivity contribution in [3.63, 3.8) is 0 Å². The molecule has 19 heavy (non-hydrogen) atoms. The molecule has 0 spiro atoms. The molecular formula is C15H26N2OS. The zero-order valence-electron chi connectivity index (χ0n) is 12.5. The fraction of sp³-hybridized carbons (Fsp3) is 0.667. The second kappa shape index (κ2) is 7.06. The van der Waals surface area contributed by atoms with Crippen molar-refractivity contribution >= 4 is 17.2 Å². The van der Waals surface area contributed by atoms with E-state index < -0.39 is 5.41 Å². The van der Waals surface area contributed by atoms with Crippen molar-refractivity contribution in [2.24, 2.45) is 11.1 Å². The smallest absolute Gasteiger partial charge is 0.230 e. The molecule has 1 unspecified atom stereocenters. The normalized spacial score (nSPS) is 13.3. The van der Waals surface area contributed by atoms with Crippen LogP contribution >= 0.6 is 11.3 Å². The van der Waals surface area contributed by atoms with E-state index in [0.29, 0.717) is 6.54 Å². The van der Waals surface area contributed by atoms with Crippen LogP contribution in [0.3, 0.4) is 0 Å². The highest BCUT2D eigenvalue weighted by molar-refractivity contribution is 7.09. The molecule has 0 fully saturated rings. The van der Waals surface area contributed by atoms with Gasteiger partial charge in [0, 0.05) is 30.9 Å². The lowest BCUT2D eigenvalue weighted by atomic mass is 9.80. The molecule has 1 aromatic heterocycles. The molecule has 0 aliphatic carbocycles. The lowest BCUT2D eigenvalue weighted by Gasteiger charge is -2.36. The maximum Gasteiger partial charge on any atom is 0.230 e. The SMILES string of the molecule is CCC(CC)(CN)C(=O)N(C)C(C)Cc1cccs1. The highest BCUT2D eigenvalue weighted by atomic mass is 32.1. The fourth-order valence-electron chi connectivity index (χ4n) is 2.36. The minimum atomic E-state index is -0.390. The van der Waals surface area contributed by atoms with Crippen molar-refractivity contribution < 1.29 is 4.79 Å². The van der Waals surface area contributed by atoms with Crippen LogP contribution in [0.15, 0.2) is 17.5 Å². The number of carbonyl (C=O) groups excluding carboxylic acids is 1. The third-order valence-corrected chi connectivity index (χ3v) is 5.15. The van der Waals surface area contributed by atoms with Crippen molar-refractivity contribution in [2.45, 2.75) is 46.1 Å². The number of amides is 1. The van der Waals surface area contributed by atoms with Gasteiger partial charge in [0.25, 0.3) is 0 Å². The van der Waals surface area contributed by atoms with Gasteiger partial charge in [-0.15, -0.1) is 11.3 Å². The highest BCUT2D eigenvalue weighted by Crippen LogP contribution is 2.28. The summed E-state index contributed by atoms with van der Waals surface area (Å²) in [7, 11) is 1.90. The first-order chi connectivity index (χ1) is 9.00. The van der Waals surface area contributed by atoms with Crippen LogP contribution in [0, 0.1) is 5.41 Å². The first-order valence-electron chi connectivity index (χ1n) is 7.00. The summed E-state index contributed by atoms with van der Waals surface area (Å²) in [6, 6.07) is 4.38. The molecule has 1 rings (SSSR count). The third-order valence-electron chi connectivity index (χ3n) is 4.26. The Bertz CT molecular complexity index is 377. The topological polar surface area (TPSA) is 46.3 Å². The first-order valence-corrected chi connectivity index (χ1v) is 7.88. The summed E-state index contributed by atoms with van der Waals surface area (Å²) < 4.78 is 0. The molecule has 4 heteroatoms. The largest absolute Gasteiger partial charge is 0.342 e. The van der Waals surface area contributed by atoms with Gasteiger partial charge in [0.1, 0.15) is 0 Å². The lowest BCUT2D eigenvalue weighted by molar-refractivity contribution is -0.142. The van der Waals surface area contributed by atoms with Crippen LogP contribution in [0.5, 0.6) is 0 Å². The number of likely N-dealkylation sites (N-methyl/N-ethyl adjacent to an activating group) is 1. The van der Waals surface area contributed by atoms with Gasteiger partial charge in [-0.25, -0.2) is 0 Å². The van der Waals surface area contributed by atoms with Crippen molar-refractivity contribution in [1.82, 2.24) is 4.90 Å². The van der Waals surface area contributed by atoms with E-state index in [9.17, 15) is 4.79 Å². The minimum absolute atomic E-state index is 0.184. The predicted octanol–water partition coefficient (Wildman–Crippen LogP) is 2.90. The Morgan fingerprint density at radius 2 is 2.11 bits per heavy atom. The van der Waals surface area contributed by atoms with E-state index in [1.54, 1.807) is 11.3 Å². The maximum absolute atomic E-state index is 12.7. The van der Waals surface area contributed by atoms with Crippen LogP contribution in [0.2, 0.25) is 0 Å². The number of hydrogen-bond acceptors (Lipinski definition) is 3. The van der Waals surface area contributed by atoms with Gasteiger partial charge in [0.05, 0.1) is 5.41 Å². The molecule has 0 saturated heterocycles. The van der Waals surface area contributed by atoms with Gasteiger partial charge in [-0.05, 0) is 31.2 Å². The van der Waals surface area contributed by atoms with Crippen LogP contribution in [0.4, 0.5) is 0 Å². The van der Waals surface area contributed by atoms with Crippen LogP contribution in [-0.4, -0.2) is 30.4 Å². The van der Waals surface area contributed by atoms with Gasteiger partial charge in [-0.1, -0.05) is 19.9 Å². The second-order valence-electron chi connectivity index (χ2n) is 5.24. The molecule has 1 aromatic rings. The number of nitrogens with zero attached hydrogens (tertiary/aromatic N) is 1. The van der Waals surface area contributed by atoms with Crippen LogP contribution < -0.4 is 5.73 Å². The van der Waals surface area contributed by atoms with Crippen molar-refractivity contribution in [2.75, 3.05) is 13.6 Å². The molecule has 0 saturated carbocycles. The molecule has 3 nitrogen and oxygen atoms in total. The Hall–Kier alpha value is -0.870. The summed E-state index contributed by atoms with van der Waals surface area (Å²) in [5.41, 5.74) is 5.47. The first kappa shape index (κ1) is 16.2. The average molecular weight is 282 g/mol.